The Morgan fingerprint density at radius 1 is 1.36 bits per heavy atom. The number of alkyl halides is 2. The molecule has 0 fully saturated rings. The fourth-order valence-electron chi connectivity index (χ4n) is 1.65. The lowest BCUT2D eigenvalue weighted by Gasteiger charge is -2.18. The van der Waals surface area contributed by atoms with Gasteiger partial charge in [-0.05, 0) is 30.4 Å². The molecule has 0 atom stereocenters. The number of nitrogens with two attached hydrogens (primary N) is 1. The molecule has 1 aromatic rings. The molecule has 0 radical (unpaired) electrons. The van der Waals surface area contributed by atoms with Gasteiger partial charge in [0.15, 0.2) is 0 Å². The Hall–Kier alpha value is -1.77. The summed E-state index contributed by atoms with van der Waals surface area (Å²) in [6, 6.07) is 3.09. The molecule has 10 heteroatoms. The second-order valence-corrected chi connectivity index (χ2v) is 7.51. The minimum atomic E-state index is -4.24. The molecular formula is C12H10Cl2N2O5S. The highest BCUT2D eigenvalue weighted by Crippen LogP contribution is 2.33. The van der Waals surface area contributed by atoms with Crippen LogP contribution in [-0.2, 0) is 14.3 Å². The molecule has 0 spiro atoms. The number of benzene rings is 1. The van der Waals surface area contributed by atoms with Gasteiger partial charge in [0, 0.05) is 12.5 Å². The van der Waals surface area contributed by atoms with Crippen LogP contribution >= 0.6 is 23.2 Å². The van der Waals surface area contributed by atoms with Crippen molar-refractivity contribution in [2.45, 2.75) is 15.6 Å². The van der Waals surface area contributed by atoms with Crippen molar-refractivity contribution in [1.82, 2.24) is 0 Å². The number of hydrogen-bond donors (Lipinski definition) is 1. The molecule has 2 N–H and O–H groups in total. The van der Waals surface area contributed by atoms with E-state index in [2.05, 4.69) is 0 Å². The Balaban J connectivity index is 2.29. The fraction of sp³-hybridized carbons (Fsp3) is 0.167. The third-order valence-corrected chi connectivity index (χ3v) is 4.56. The van der Waals surface area contributed by atoms with Crippen molar-refractivity contribution in [3.05, 3.63) is 52.3 Å². The first-order chi connectivity index (χ1) is 10.1. The first-order valence-corrected chi connectivity index (χ1v) is 8.03. The first kappa shape index (κ1) is 16.6. The maximum Gasteiger partial charge on any atom is 0.339 e. The standard InChI is InChI=1S/C12H10Cl2N2O5S/c13-12(14)5-3-8(4-6-12)21-22(19,20)9-1-2-10(15)11(7-9)16(17)18/h1-5,7H,6,15H2. The number of nitro benzene ring substituents is 1. The van der Waals surface area contributed by atoms with E-state index in [1.807, 2.05) is 0 Å². The summed E-state index contributed by atoms with van der Waals surface area (Å²) in [6.45, 7) is 0. The summed E-state index contributed by atoms with van der Waals surface area (Å²) in [6.07, 6.45) is 4.27. The molecule has 0 saturated heterocycles. The van der Waals surface area contributed by atoms with Crippen molar-refractivity contribution in [3.63, 3.8) is 0 Å². The number of hydrogen-bond acceptors (Lipinski definition) is 6. The van der Waals surface area contributed by atoms with Crippen LogP contribution in [0, 0.1) is 10.1 Å². The lowest BCUT2D eigenvalue weighted by atomic mass is 10.1. The van der Waals surface area contributed by atoms with E-state index in [0.717, 1.165) is 18.2 Å². The van der Waals surface area contributed by atoms with E-state index in [9.17, 15) is 18.5 Å². The number of halogens is 2. The molecule has 118 valence electrons. The molecule has 2 rings (SSSR count). The van der Waals surface area contributed by atoms with Crippen LogP contribution < -0.4 is 5.73 Å². The highest BCUT2D eigenvalue weighted by molar-refractivity contribution is 7.86. The van der Waals surface area contributed by atoms with Crippen LogP contribution in [-0.4, -0.2) is 17.7 Å². The monoisotopic (exact) mass is 364 g/mol. The molecule has 0 amide bonds. The molecule has 0 aliphatic heterocycles. The molecule has 7 nitrogen and oxygen atoms in total. The summed E-state index contributed by atoms with van der Waals surface area (Å²) in [7, 11) is -4.24. The summed E-state index contributed by atoms with van der Waals surface area (Å²) in [5.74, 6) is 0.0244. The number of allylic oxidation sites excluding steroid dienone is 3. The molecule has 0 aromatic heterocycles. The normalized spacial score (nSPS) is 16.9. The van der Waals surface area contributed by atoms with Crippen molar-refractivity contribution in [3.8, 4) is 0 Å². The van der Waals surface area contributed by atoms with E-state index in [0.29, 0.717) is 0 Å². The van der Waals surface area contributed by atoms with Gasteiger partial charge in [0.25, 0.3) is 5.69 Å². The van der Waals surface area contributed by atoms with Crippen LogP contribution in [0.25, 0.3) is 0 Å². The SMILES string of the molecule is Nc1ccc(S(=O)(=O)OC2=CCC(Cl)(Cl)C=C2)cc1[N+](=O)[O-]. The molecule has 1 aliphatic rings. The zero-order chi connectivity index (χ0) is 16.5. The van der Waals surface area contributed by atoms with E-state index in [4.69, 9.17) is 33.1 Å². The predicted molar refractivity (Wildman–Crippen MR) is 82.1 cm³/mol. The number of rotatable bonds is 4. The average molecular weight is 365 g/mol. The minimum Gasteiger partial charge on any atom is -0.393 e. The van der Waals surface area contributed by atoms with Crippen LogP contribution in [0.4, 0.5) is 11.4 Å². The highest BCUT2D eigenvalue weighted by atomic mass is 35.5. The van der Waals surface area contributed by atoms with E-state index in [-0.39, 0.29) is 22.8 Å². The maximum atomic E-state index is 12.1. The van der Waals surface area contributed by atoms with Gasteiger partial charge in [-0.2, -0.15) is 8.42 Å². The summed E-state index contributed by atoms with van der Waals surface area (Å²) < 4.78 is 28.0. The Kier molecular flexibility index (Phi) is 4.37. The summed E-state index contributed by atoms with van der Waals surface area (Å²) in [5, 5.41) is 10.8. The van der Waals surface area contributed by atoms with Gasteiger partial charge >= 0.3 is 10.1 Å². The van der Waals surface area contributed by atoms with Gasteiger partial charge in [-0.15, -0.1) is 0 Å². The topological polar surface area (TPSA) is 113 Å². The Labute approximate surface area is 136 Å². The second kappa shape index (κ2) is 5.79. The smallest absolute Gasteiger partial charge is 0.339 e. The van der Waals surface area contributed by atoms with Gasteiger partial charge in [-0.25, -0.2) is 0 Å². The third kappa shape index (κ3) is 3.70. The Morgan fingerprint density at radius 2 is 2.05 bits per heavy atom. The molecule has 0 unspecified atom stereocenters. The van der Waals surface area contributed by atoms with Crippen LogP contribution in [0.15, 0.2) is 47.1 Å². The van der Waals surface area contributed by atoms with Crippen molar-refractivity contribution < 1.29 is 17.5 Å². The lowest BCUT2D eigenvalue weighted by Crippen LogP contribution is -2.13. The maximum absolute atomic E-state index is 12.1. The van der Waals surface area contributed by atoms with Crippen molar-refractivity contribution >= 4 is 44.7 Å². The van der Waals surface area contributed by atoms with E-state index in [1.54, 1.807) is 0 Å². The molecule has 22 heavy (non-hydrogen) atoms. The highest BCUT2D eigenvalue weighted by Gasteiger charge is 2.26. The van der Waals surface area contributed by atoms with Gasteiger partial charge in [0.1, 0.15) is 20.7 Å². The fourth-order valence-corrected chi connectivity index (χ4v) is 2.89. The largest absolute Gasteiger partial charge is 0.393 e. The Morgan fingerprint density at radius 3 is 2.59 bits per heavy atom. The second-order valence-electron chi connectivity index (χ2n) is 4.42. The molecule has 0 heterocycles. The van der Waals surface area contributed by atoms with Gasteiger partial charge < -0.3 is 9.92 Å². The molecule has 0 saturated carbocycles. The van der Waals surface area contributed by atoms with Gasteiger partial charge in [0.05, 0.1) is 4.92 Å². The average Bonchev–Trinajstić information content (AvgIpc) is 2.41. The van der Waals surface area contributed by atoms with Gasteiger partial charge in [0.2, 0.25) is 0 Å². The van der Waals surface area contributed by atoms with Crippen molar-refractivity contribution in [1.29, 1.82) is 0 Å². The van der Waals surface area contributed by atoms with E-state index in [1.165, 1.54) is 18.2 Å². The predicted octanol–water partition coefficient (Wildman–Crippen LogP) is 2.90. The third-order valence-electron chi connectivity index (χ3n) is 2.76. The zero-order valence-electron chi connectivity index (χ0n) is 10.9. The number of nitrogen functional groups attached to an aromatic ring is 1. The van der Waals surface area contributed by atoms with Gasteiger partial charge in [-0.3, -0.25) is 10.1 Å². The van der Waals surface area contributed by atoms with Gasteiger partial charge in [-0.1, -0.05) is 23.2 Å². The van der Waals surface area contributed by atoms with Crippen LogP contribution in [0.1, 0.15) is 6.42 Å². The minimum absolute atomic E-state index is 0.0244. The first-order valence-electron chi connectivity index (χ1n) is 5.86. The molecular weight excluding hydrogens is 355 g/mol. The zero-order valence-corrected chi connectivity index (χ0v) is 13.2. The van der Waals surface area contributed by atoms with Crippen LogP contribution in [0.3, 0.4) is 0 Å². The van der Waals surface area contributed by atoms with Crippen LogP contribution in [0.2, 0.25) is 0 Å². The van der Waals surface area contributed by atoms with Crippen molar-refractivity contribution in [2.24, 2.45) is 0 Å². The Bertz CT molecular complexity index is 787. The summed E-state index contributed by atoms with van der Waals surface area (Å²) >= 11 is 11.7. The molecule has 0 bridgehead atoms. The quantitative estimate of drug-likeness (QED) is 0.289. The number of anilines is 1. The molecule has 1 aliphatic carbocycles. The molecule has 1 aromatic carbocycles. The summed E-state index contributed by atoms with van der Waals surface area (Å²) in [5.41, 5.74) is 4.76. The number of nitrogens with zero attached hydrogens (tertiary/aromatic N) is 1. The number of nitro groups is 1. The van der Waals surface area contributed by atoms with E-state index < -0.39 is 25.1 Å². The van der Waals surface area contributed by atoms with Crippen molar-refractivity contribution in [2.75, 3.05) is 5.73 Å². The summed E-state index contributed by atoms with van der Waals surface area (Å²) in [4.78, 5) is 9.65. The van der Waals surface area contributed by atoms with Crippen LogP contribution in [0.5, 0.6) is 0 Å². The lowest BCUT2D eigenvalue weighted by molar-refractivity contribution is -0.384. The van der Waals surface area contributed by atoms with E-state index >= 15 is 0 Å².